The normalized spacial score (nSPS) is 10.7. The van der Waals surface area contributed by atoms with Gasteiger partial charge in [-0.2, -0.15) is 0 Å². The Hall–Kier alpha value is -0.760. The lowest BCUT2D eigenvalue weighted by Crippen LogP contribution is -1.93. The second-order valence-corrected chi connectivity index (χ2v) is 1.69. The number of halogens is 1. The van der Waals surface area contributed by atoms with E-state index in [4.69, 9.17) is 11.6 Å². The third-order valence-electron chi connectivity index (χ3n) is 0.652. The van der Waals surface area contributed by atoms with Crippen molar-refractivity contribution in [1.29, 1.82) is 0 Å². The number of allylic oxidation sites excluding steroid dienone is 2. The van der Waals surface area contributed by atoms with Crippen molar-refractivity contribution >= 4 is 17.6 Å². The molecule has 0 aliphatic carbocycles. The molecule has 9 heavy (non-hydrogen) atoms. The standard InChI is InChI=1S/C6H7ClO2/c1-3-5(7)4-6(8)9-2/h3-4H,1H2,2H3/b5-4-. The Morgan fingerprint density at radius 3 is 2.67 bits per heavy atom. The van der Waals surface area contributed by atoms with Crippen LogP contribution in [0.4, 0.5) is 0 Å². The minimum Gasteiger partial charge on any atom is -0.466 e. The van der Waals surface area contributed by atoms with Crippen LogP contribution in [0.1, 0.15) is 0 Å². The molecular formula is C6H7ClO2. The minimum absolute atomic E-state index is 0.279. The van der Waals surface area contributed by atoms with Gasteiger partial charge in [-0.15, -0.1) is 0 Å². The molecule has 0 rings (SSSR count). The number of hydrogen-bond acceptors (Lipinski definition) is 2. The van der Waals surface area contributed by atoms with E-state index in [9.17, 15) is 4.79 Å². The van der Waals surface area contributed by atoms with Crippen molar-refractivity contribution in [2.75, 3.05) is 7.11 Å². The van der Waals surface area contributed by atoms with E-state index in [1.165, 1.54) is 13.2 Å². The van der Waals surface area contributed by atoms with Crippen molar-refractivity contribution in [3.05, 3.63) is 23.8 Å². The molecule has 0 aromatic carbocycles. The quantitative estimate of drug-likeness (QED) is 0.335. The Morgan fingerprint density at radius 2 is 2.33 bits per heavy atom. The lowest BCUT2D eigenvalue weighted by Gasteiger charge is -1.88. The highest BCUT2D eigenvalue weighted by Gasteiger charge is 1.92. The number of hydrogen-bond donors (Lipinski definition) is 0. The van der Waals surface area contributed by atoms with E-state index in [2.05, 4.69) is 11.3 Å². The summed E-state index contributed by atoms with van der Waals surface area (Å²) in [5.41, 5.74) is 0. The fourth-order valence-electron chi connectivity index (χ4n) is 0.230. The predicted octanol–water partition coefficient (Wildman–Crippen LogP) is 1.47. The van der Waals surface area contributed by atoms with Gasteiger partial charge in [0.1, 0.15) is 0 Å². The molecule has 0 N–H and O–H groups in total. The molecule has 3 heteroatoms. The van der Waals surface area contributed by atoms with Gasteiger partial charge in [0.2, 0.25) is 0 Å². The van der Waals surface area contributed by atoms with Crippen molar-refractivity contribution in [2.45, 2.75) is 0 Å². The van der Waals surface area contributed by atoms with Crippen LogP contribution in [0.5, 0.6) is 0 Å². The van der Waals surface area contributed by atoms with Gasteiger partial charge in [0.25, 0.3) is 0 Å². The van der Waals surface area contributed by atoms with E-state index in [-0.39, 0.29) is 5.03 Å². The first-order valence-electron chi connectivity index (χ1n) is 2.28. The third kappa shape index (κ3) is 3.79. The molecule has 0 saturated heterocycles. The van der Waals surface area contributed by atoms with Crippen LogP contribution in [0.25, 0.3) is 0 Å². The summed E-state index contributed by atoms with van der Waals surface area (Å²) >= 11 is 5.38. The first-order chi connectivity index (χ1) is 4.20. The first-order valence-corrected chi connectivity index (χ1v) is 2.66. The zero-order valence-electron chi connectivity index (χ0n) is 5.06. The Bertz CT molecular complexity index is 149. The summed E-state index contributed by atoms with van der Waals surface area (Å²) in [4.78, 5) is 10.4. The van der Waals surface area contributed by atoms with E-state index in [1.54, 1.807) is 0 Å². The van der Waals surface area contributed by atoms with Gasteiger partial charge in [0.15, 0.2) is 0 Å². The van der Waals surface area contributed by atoms with Gasteiger partial charge in [-0.25, -0.2) is 4.79 Å². The molecule has 0 heterocycles. The fourth-order valence-corrected chi connectivity index (χ4v) is 0.320. The van der Waals surface area contributed by atoms with Crippen LogP contribution in [0.15, 0.2) is 23.8 Å². The molecule has 0 saturated carbocycles. The molecule has 0 spiro atoms. The van der Waals surface area contributed by atoms with Crippen molar-refractivity contribution < 1.29 is 9.53 Å². The molecule has 0 radical (unpaired) electrons. The van der Waals surface area contributed by atoms with Gasteiger partial charge in [-0.3, -0.25) is 0 Å². The smallest absolute Gasteiger partial charge is 0.331 e. The highest BCUT2D eigenvalue weighted by atomic mass is 35.5. The summed E-state index contributed by atoms with van der Waals surface area (Å²) in [6, 6.07) is 0. The van der Waals surface area contributed by atoms with E-state index >= 15 is 0 Å². The molecule has 0 atom stereocenters. The summed E-state index contributed by atoms with van der Waals surface area (Å²) in [6.07, 6.45) is 2.51. The van der Waals surface area contributed by atoms with Gasteiger partial charge in [0, 0.05) is 11.1 Å². The van der Waals surface area contributed by atoms with Crippen LogP contribution in [0, 0.1) is 0 Å². The summed E-state index contributed by atoms with van der Waals surface area (Å²) < 4.78 is 4.28. The molecule has 0 aromatic rings. The third-order valence-corrected chi connectivity index (χ3v) is 0.915. The monoisotopic (exact) mass is 146 g/mol. The molecule has 0 fully saturated rings. The van der Waals surface area contributed by atoms with Crippen LogP contribution < -0.4 is 0 Å². The molecule has 0 aliphatic heterocycles. The van der Waals surface area contributed by atoms with Gasteiger partial charge in [-0.1, -0.05) is 24.3 Å². The maximum Gasteiger partial charge on any atom is 0.331 e. The van der Waals surface area contributed by atoms with Crippen molar-refractivity contribution in [2.24, 2.45) is 0 Å². The van der Waals surface area contributed by atoms with Crippen LogP contribution in [-0.4, -0.2) is 13.1 Å². The van der Waals surface area contributed by atoms with Crippen molar-refractivity contribution in [3.8, 4) is 0 Å². The van der Waals surface area contributed by atoms with Crippen molar-refractivity contribution in [1.82, 2.24) is 0 Å². The predicted molar refractivity (Wildman–Crippen MR) is 36.1 cm³/mol. The first kappa shape index (κ1) is 8.24. The second kappa shape index (κ2) is 4.15. The number of ether oxygens (including phenoxy) is 1. The summed E-state index contributed by atoms with van der Waals surface area (Å²) in [6.45, 7) is 3.34. The van der Waals surface area contributed by atoms with E-state index in [0.717, 1.165) is 6.08 Å². The molecule has 0 unspecified atom stereocenters. The highest BCUT2D eigenvalue weighted by molar-refractivity contribution is 6.32. The SMILES string of the molecule is C=C/C(Cl)=C/C(=O)OC. The van der Waals surface area contributed by atoms with Crippen LogP contribution in [0.2, 0.25) is 0 Å². The number of carbonyl (C=O) groups is 1. The average Bonchev–Trinajstić information content (AvgIpc) is 1.87. The van der Waals surface area contributed by atoms with Crippen LogP contribution in [-0.2, 0) is 9.53 Å². The zero-order chi connectivity index (χ0) is 7.28. The molecule has 0 aliphatic rings. The molecule has 50 valence electrons. The zero-order valence-corrected chi connectivity index (χ0v) is 5.81. The Labute approximate surface area is 58.8 Å². The van der Waals surface area contributed by atoms with Gasteiger partial charge < -0.3 is 4.74 Å². The summed E-state index contributed by atoms with van der Waals surface area (Å²) in [5.74, 6) is -0.472. The van der Waals surface area contributed by atoms with E-state index in [1.807, 2.05) is 0 Å². The molecule has 2 nitrogen and oxygen atoms in total. The average molecular weight is 147 g/mol. The lowest BCUT2D eigenvalue weighted by atomic mass is 10.5. The molecule has 0 amide bonds. The topological polar surface area (TPSA) is 26.3 Å². The number of methoxy groups -OCH3 is 1. The maximum atomic E-state index is 10.4. The Balaban J connectivity index is 3.94. The number of carbonyl (C=O) groups excluding carboxylic acids is 1. The summed E-state index contributed by atoms with van der Waals surface area (Å²) in [5, 5.41) is 0.279. The molecule has 0 aromatic heterocycles. The van der Waals surface area contributed by atoms with Crippen LogP contribution in [0.3, 0.4) is 0 Å². The molecule has 0 bridgehead atoms. The maximum absolute atomic E-state index is 10.4. The number of rotatable bonds is 2. The minimum atomic E-state index is -0.472. The van der Waals surface area contributed by atoms with E-state index in [0.29, 0.717) is 0 Å². The number of esters is 1. The lowest BCUT2D eigenvalue weighted by molar-refractivity contribution is -0.134. The summed E-state index contributed by atoms with van der Waals surface area (Å²) in [7, 11) is 1.28. The Morgan fingerprint density at radius 1 is 1.78 bits per heavy atom. The van der Waals surface area contributed by atoms with Gasteiger partial charge in [-0.05, 0) is 0 Å². The largest absolute Gasteiger partial charge is 0.466 e. The van der Waals surface area contributed by atoms with Gasteiger partial charge >= 0.3 is 5.97 Å². The Kier molecular flexibility index (Phi) is 3.80. The molecular weight excluding hydrogens is 140 g/mol. The van der Waals surface area contributed by atoms with E-state index < -0.39 is 5.97 Å². The van der Waals surface area contributed by atoms with Gasteiger partial charge in [0.05, 0.1) is 7.11 Å². The van der Waals surface area contributed by atoms with Crippen molar-refractivity contribution in [3.63, 3.8) is 0 Å². The fraction of sp³-hybridized carbons (Fsp3) is 0.167. The highest BCUT2D eigenvalue weighted by Crippen LogP contribution is 2.00. The second-order valence-electron chi connectivity index (χ2n) is 1.26. The van der Waals surface area contributed by atoms with Crippen LogP contribution >= 0.6 is 11.6 Å².